The molecule has 0 aliphatic carbocycles. The highest BCUT2D eigenvalue weighted by molar-refractivity contribution is 5.98. The van der Waals surface area contributed by atoms with Crippen molar-refractivity contribution >= 4 is 17.6 Å². The number of carbonyl (C=O) groups excluding carboxylic acids is 2. The van der Waals surface area contributed by atoms with E-state index in [9.17, 15) is 9.59 Å². The minimum Gasteiger partial charge on any atom is -0.338 e. The molecule has 0 bridgehead atoms. The Morgan fingerprint density at radius 1 is 1.38 bits per heavy atom. The Kier molecular flexibility index (Phi) is 5.35. The second-order valence-electron chi connectivity index (χ2n) is 6.43. The number of nitrogens with zero attached hydrogens (tertiary/aromatic N) is 2. The van der Waals surface area contributed by atoms with Gasteiger partial charge in [-0.25, -0.2) is 4.79 Å². The quantitative estimate of drug-likeness (QED) is 0.865. The molecule has 0 spiro atoms. The van der Waals surface area contributed by atoms with Gasteiger partial charge in [0.25, 0.3) is 5.91 Å². The third kappa shape index (κ3) is 3.53. The summed E-state index contributed by atoms with van der Waals surface area (Å²) in [6.07, 6.45) is 2.86. The number of nitrogens with one attached hydrogen (secondary N) is 2. The van der Waals surface area contributed by atoms with Crippen LogP contribution in [0.2, 0.25) is 0 Å². The first kappa shape index (κ1) is 16.8. The van der Waals surface area contributed by atoms with Gasteiger partial charge in [0.05, 0.1) is 0 Å². The summed E-state index contributed by atoms with van der Waals surface area (Å²) < 4.78 is 0. The second kappa shape index (κ2) is 7.66. The molecular formula is C18H26N4O2. The van der Waals surface area contributed by atoms with E-state index in [0.29, 0.717) is 18.7 Å². The fourth-order valence-corrected chi connectivity index (χ4v) is 3.44. The minimum atomic E-state index is -0.0868. The van der Waals surface area contributed by atoms with Crippen molar-refractivity contribution < 1.29 is 9.59 Å². The van der Waals surface area contributed by atoms with Crippen molar-refractivity contribution in [2.45, 2.75) is 32.2 Å². The van der Waals surface area contributed by atoms with Gasteiger partial charge in [-0.1, -0.05) is 13.0 Å². The lowest BCUT2D eigenvalue weighted by atomic mass is 10.1. The highest BCUT2D eigenvalue weighted by Crippen LogP contribution is 2.21. The topological polar surface area (TPSA) is 64.7 Å². The van der Waals surface area contributed by atoms with E-state index < -0.39 is 0 Å². The second-order valence-corrected chi connectivity index (χ2v) is 6.43. The Morgan fingerprint density at radius 2 is 2.25 bits per heavy atom. The lowest BCUT2D eigenvalue weighted by Crippen LogP contribution is -2.46. The van der Waals surface area contributed by atoms with E-state index in [1.165, 1.54) is 0 Å². The molecule has 2 aliphatic rings. The van der Waals surface area contributed by atoms with Gasteiger partial charge in [0.2, 0.25) is 0 Å². The summed E-state index contributed by atoms with van der Waals surface area (Å²) in [5.41, 5.74) is 1.45. The maximum atomic E-state index is 13.0. The van der Waals surface area contributed by atoms with Crippen LogP contribution >= 0.6 is 0 Å². The average Bonchev–Trinajstić information content (AvgIpc) is 3.14. The first-order valence-corrected chi connectivity index (χ1v) is 8.88. The highest BCUT2D eigenvalue weighted by Gasteiger charge is 2.27. The Morgan fingerprint density at radius 3 is 2.96 bits per heavy atom. The van der Waals surface area contributed by atoms with Crippen molar-refractivity contribution in [3.05, 3.63) is 29.8 Å². The van der Waals surface area contributed by atoms with Crippen LogP contribution in [0.1, 0.15) is 36.5 Å². The van der Waals surface area contributed by atoms with Gasteiger partial charge in [-0.05, 0) is 44.0 Å². The van der Waals surface area contributed by atoms with Crippen LogP contribution in [-0.4, -0.2) is 55.6 Å². The Bertz CT molecular complexity index is 598. The standard InChI is InChI=1S/C18H26N4O2/c1-2-10-21(16-7-9-19-13-16)17(23)14-5-3-6-15(12-14)22-11-4-8-20-18(22)24/h3,5-6,12,16,19H,2,4,7-11,13H2,1H3,(H,20,24). The van der Waals surface area contributed by atoms with E-state index in [-0.39, 0.29) is 18.0 Å². The summed E-state index contributed by atoms with van der Waals surface area (Å²) in [5.74, 6) is 0.0600. The van der Waals surface area contributed by atoms with Crippen molar-refractivity contribution in [1.29, 1.82) is 0 Å². The molecule has 6 nitrogen and oxygen atoms in total. The number of carbonyl (C=O) groups is 2. The Labute approximate surface area is 143 Å². The van der Waals surface area contributed by atoms with Crippen LogP contribution in [-0.2, 0) is 0 Å². The minimum absolute atomic E-state index is 0.0600. The number of amides is 3. The van der Waals surface area contributed by atoms with Gasteiger partial charge < -0.3 is 15.5 Å². The van der Waals surface area contributed by atoms with Crippen LogP contribution in [0.4, 0.5) is 10.5 Å². The molecule has 3 amide bonds. The highest BCUT2D eigenvalue weighted by atomic mass is 16.2. The molecule has 0 saturated carbocycles. The number of hydrogen-bond donors (Lipinski definition) is 2. The molecule has 2 aliphatic heterocycles. The van der Waals surface area contributed by atoms with Gasteiger partial charge in [0.1, 0.15) is 0 Å². The fourth-order valence-electron chi connectivity index (χ4n) is 3.44. The SMILES string of the molecule is CCCN(C(=O)c1cccc(N2CCCNC2=O)c1)C1CCNC1. The van der Waals surface area contributed by atoms with E-state index in [1.807, 2.05) is 29.2 Å². The van der Waals surface area contributed by atoms with E-state index in [1.54, 1.807) is 4.90 Å². The van der Waals surface area contributed by atoms with Gasteiger partial charge in [-0.3, -0.25) is 9.69 Å². The van der Waals surface area contributed by atoms with Gasteiger partial charge in [-0.15, -0.1) is 0 Å². The number of rotatable bonds is 5. The molecule has 130 valence electrons. The summed E-state index contributed by atoms with van der Waals surface area (Å²) in [6, 6.07) is 7.62. The maximum absolute atomic E-state index is 13.0. The number of urea groups is 1. The number of anilines is 1. The first-order valence-electron chi connectivity index (χ1n) is 8.88. The van der Waals surface area contributed by atoms with Crippen molar-refractivity contribution in [3.8, 4) is 0 Å². The van der Waals surface area contributed by atoms with Crippen molar-refractivity contribution in [2.24, 2.45) is 0 Å². The maximum Gasteiger partial charge on any atom is 0.321 e. The average molecular weight is 330 g/mol. The zero-order valence-corrected chi connectivity index (χ0v) is 14.3. The molecule has 0 aromatic heterocycles. The van der Waals surface area contributed by atoms with Crippen LogP contribution in [0, 0.1) is 0 Å². The van der Waals surface area contributed by atoms with Gasteiger partial charge in [-0.2, -0.15) is 0 Å². The van der Waals surface area contributed by atoms with E-state index >= 15 is 0 Å². The van der Waals surface area contributed by atoms with E-state index in [0.717, 1.165) is 44.6 Å². The summed E-state index contributed by atoms with van der Waals surface area (Å²) >= 11 is 0. The first-order chi connectivity index (χ1) is 11.7. The molecule has 3 rings (SSSR count). The monoisotopic (exact) mass is 330 g/mol. The zero-order valence-electron chi connectivity index (χ0n) is 14.3. The fraction of sp³-hybridized carbons (Fsp3) is 0.556. The van der Waals surface area contributed by atoms with Crippen molar-refractivity contribution in [1.82, 2.24) is 15.5 Å². The van der Waals surface area contributed by atoms with Crippen LogP contribution in [0.15, 0.2) is 24.3 Å². The molecule has 2 heterocycles. The van der Waals surface area contributed by atoms with Crippen LogP contribution in [0.5, 0.6) is 0 Å². The Hall–Kier alpha value is -2.08. The summed E-state index contributed by atoms with van der Waals surface area (Å²) in [7, 11) is 0. The number of benzene rings is 1. The van der Waals surface area contributed by atoms with Crippen molar-refractivity contribution in [2.75, 3.05) is 37.6 Å². The van der Waals surface area contributed by atoms with Gasteiger partial charge >= 0.3 is 6.03 Å². The van der Waals surface area contributed by atoms with Crippen molar-refractivity contribution in [3.63, 3.8) is 0 Å². The van der Waals surface area contributed by atoms with E-state index in [2.05, 4.69) is 17.6 Å². The molecular weight excluding hydrogens is 304 g/mol. The molecule has 1 atom stereocenters. The molecule has 24 heavy (non-hydrogen) atoms. The third-order valence-electron chi connectivity index (χ3n) is 4.69. The molecule has 6 heteroatoms. The normalized spacial score (nSPS) is 20.8. The molecule has 0 radical (unpaired) electrons. The molecule has 1 unspecified atom stereocenters. The molecule has 1 aromatic rings. The summed E-state index contributed by atoms with van der Waals surface area (Å²) in [4.78, 5) is 28.7. The third-order valence-corrected chi connectivity index (χ3v) is 4.69. The summed E-state index contributed by atoms with van der Waals surface area (Å²) in [5, 5.41) is 6.18. The zero-order chi connectivity index (χ0) is 16.9. The smallest absolute Gasteiger partial charge is 0.321 e. The van der Waals surface area contributed by atoms with Crippen LogP contribution < -0.4 is 15.5 Å². The molecule has 2 N–H and O–H groups in total. The van der Waals surface area contributed by atoms with E-state index in [4.69, 9.17) is 0 Å². The molecule has 1 aromatic carbocycles. The lowest BCUT2D eigenvalue weighted by molar-refractivity contribution is 0.0692. The predicted molar refractivity (Wildman–Crippen MR) is 94.4 cm³/mol. The summed E-state index contributed by atoms with van der Waals surface area (Å²) in [6.45, 7) is 6.09. The van der Waals surface area contributed by atoms with Gasteiger partial charge in [0.15, 0.2) is 0 Å². The van der Waals surface area contributed by atoms with Gasteiger partial charge in [0, 0.05) is 43.5 Å². The molecule has 2 saturated heterocycles. The number of hydrogen-bond acceptors (Lipinski definition) is 3. The molecule has 2 fully saturated rings. The Balaban J connectivity index is 1.81. The largest absolute Gasteiger partial charge is 0.338 e. The lowest BCUT2D eigenvalue weighted by Gasteiger charge is -2.30. The van der Waals surface area contributed by atoms with Crippen LogP contribution in [0.25, 0.3) is 0 Å². The predicted octanol–water partition coefficient (Wildman–Crippen LogP) is 1.82. The van der Waals surface area contributed by atoms with Crippen LogP contribution in [0.3, 0.4) is 0 Å².